The molecule has 2 aliphatic rings. The summed E-state index contributed by atoms with van der Waals surface area (Å²) in [6.07, 6.45) is 1.74. The van der Waals surface area contributed by atoms with Gasteiger partial charge in [-0.05, 0) is 18.9 Å². The van der Waals surface area contributed by atoms with Crippen LogP contribution in [0.25, 0.3) is 0 Å². The molecule has 1 N–H and O–H groups in total. The molecule has 1 aliphatic carbocycles. The molecular weight excluding hydrogens is 267 g/mol. The van der Waals surface area contributed by atoms with E-state index in [1.54, 1.807) is 6.07 Å². The fourth-order valence-electron chi connectivity index (χ4n) is 2.81. The number of aliphatic carboxylic acids is 1. The summed E-state index contributed by atoms with van der Waals surface area (Å²) in [5.74, 6) is -1.46. The summed E-state index contributed by atoms with van der Waals surface area (Å²) in [6.45, 7) is 0.578. The molecule has 0 atom stereocenters. The molecule has 1 aromatic carbocycles. The molecule has 0 bridgehead atoms. The minimum Gasteiger partial charge on any atom is -0.493 e. The number of hydrogen-bond donors (Lipinski definition) is 1. The van der Waals surface area contributed by atoms with E-state index in [4.69, 9.17) is 14.2 Å². The van der Waals surface area contributed by atoms with Crippen molar-refractivity contribution in [2.24, 2.45) is 0 Å². The van der Waals surface area contributed by atoms with Gasteiger partial charge in [-0.3, -0.25) is 4.79 Å². The molecule has 0 spiro atoms. The zero-order chi connectivity index (χ0) is 14.3. The van der Waals surface area contributed by atoms with E-state index < -0.39 is 17.2 Å². The number of fused-ring (bicyclic) bond motifs is 1. The normalized spacial score (nSPS) is 19.1. The Morgan fingerprint density at radius 3 is 2.65 bits per heavy atom. The second kappa shape index (κ2) is 4.54. The van der Waals surface area contributed by atoms with Crippen LogP contribution in [-0.2, 0) is 10.2 Å². The SMILES string of the molecule is COc1c(C2(C(=O)O)CCC2)cc2c(c1F)OCCO2. The number of hydrogen-bond acceptors (Lipinski definition) is 4. The van der Waals surface area contributed by atoms with Crippen LogP contribution in [0.2, 0.25) is 0 Å². The van der Waals surface area contributed by atoms with Crippen molar-refractivity contribution in [3.8, 4) is 17.2 Å². The minimum absolute atomic E-state index is 0.00304. The first-order valence-corrected chi connectivity index (χ1v) is 6.50. The van der Waals surface area contributed by atoms with Gasteiger partial charge < -0.3 is 19.3 Å². The van der Waals surface area contributed by atoms with E-state index in [1.807, 2.05) is 0 Å². The number of carboxylic acids is 1. The Labute approximate surface area is 115 Å². The number of halogens is 1. The molecular formula is C14H15FO5. The summed E-state index contributed by atoms with van der Waals surface area (Å²) in [4.78, 5) is 11.6. The van der Waals surface area contributed by atoms with Crippen LogP contribution in [0.15, 0.2) is 6.07 Å². The first-order chi connectivity index (χ1) is 9.60. The lowest BCUT2D eigenvalue weighted by Gasteiger charge is -2.39. The van der Waals surface area contributed by atoms with Crippen molar-refractivity contribution in [1.29, 1.82) is 0 Å². The molecule has 3 rings (SSSR count). The molecule has 1 aromatic rings. The number of carboxylic acid groups (broad SMARTS) is 1. The highest BCUT2D eigenvalue weighted by molar-refractivity contribution is 5.84. The number of benzene rings is 1. The summed E-state index contributed by atoms with van der Waals surface area (Å²) in [7, 11) is 1.33. The molecule has 1 aliphatic heterocycles. The molecule has 5 nitrogen and oxygen atoms in total. The molecule has 1 fully saturated rings. The first kappa shape index (κ1) is 13.0. The fourth-order valence-corrected chi connectivity index (χ4v) is 2.81. The third kappa shape index (κ3) is 1.63. The fraction of sp³-hybridized carbons (Fsp3) is 0.500. The van der Waals surface area contributed by atoms with Crippen molar-refractivity contribution in [1.82, 2.24) is 0 Å². The topological polar surface area (TPSA) is 65.0 Å². The zero-order valence-electron chi connectivity index (χ0n) is 11.1. The van der Waals surface area contributed by atoms with Gasteiger partial charge in [-0.1, -0.05) is 6.42 Å². The first-order valence-electron chi connectivity index (χ1n) is 6.50. The van der Waals surface area contributed by atoms with Crippen molar-refractivity contribution in [3.05, 3.63) is 17.4 Å². The Balaban J connectivity index is 2.20. The Kier molecular flexibility index (Phi) is 2.96. The van der Waals surface area contributed by atoms with Crippen molar-refractivity contribution in [2.75, 3.05) is 20.3 Å². The van der Waals surface area contributed by atoms with Gasteiger partial charge in [0.25, 0.3) is 0 Å². The molecule has 20 heavy (non-hydrogen) atoms. The van der Waals surface area contributed by atoms with Gasteiger partial charge in [0, 0.05) is 5.56 Å². The van der Waals surface area contributed by atoms with Gasteiger partial charge in [0.05, 0.1) is 12.5 Å². The van der Waals surface area contributed by atoms with Gasteiger partial charge in [-0.15, -0.1) is 0 Å². The number of rotatable bonds is 3. The maximum atomic E-state index is 14.4. The molecule has 0 unspecified atom stereocenters. The Hall–Kier alpha value is -1.98. The van der Waals surface area contributed by atoms with Crippen LogP contribution in [0, 0.1) is 5.82 Å². The van der Waals surface area contributed by atoms with Crippen molar-refractivity contribution >= 4 is 5.97 Å². The van der Waals surface area contributed by atoms with Gasteiger partial charge in [0.15, 0.2) is 11.5 Å². The van der Waals surface area contributed by atoms with Crippen LogP contribution >= 0.6 is 0 Å². The number of ether oxygens (including phenoxy) is 3. The lowest BCUT2D eigenvalue weighted by atomic mass is 9.64. The summed E-state index contributed by atoms with van der Waals surface area (Å²) >= 11 is 0. The molecule has 108 valence electrons. The molecule has 1 heterocycles. The quantitative estimate of drug-likeness (QED) is 0.919. The van der Waals surface area contributed by atoms with Crippen molar-refractivity contribution < 1.29 is 28.5 Å². The van der Waals surface area contributed by atoms with E-state index in [1.165, 1.54) is 7.11 Å². The monoisotopic (exact) mass is 282 g/mol. The average Bonchev–Trinajstić information content (AvgIpc) is 2.37. The summed E-state index contributed by atoms with van der Waals surface area (Å²) in [6, 6.07) is 1.55. The van der Waals surface area contributed by atoms with Crippen LogP contribution in [0.5, 0.6) is 17.2 Å². The van der Waals surface area contributed by atoms with Gasteiger partial charge in [0.2, 0.25) is 11.6 Å². The van der Waals surface area contributed by atoms with E-state index in [0.717, 1.165) is 6.42 Å². The zero-order valence-corrected chi connectivity index (χ0v) is 11.1. The van der Waals surface area contributed by atoms with Gasteiger partial charge in [-0.25, -0.2) is 0 Å². The van der Waals surface area contributed by atoms with Crippen LogP contribution in [0.3, 0.4) is 0 Å². The third-order valence-corrected chi connectivity index (χ3v) is 4.07. The number of methoxy groups -OCH3 is 1. The van der Waals surface area contributed by atoms with E-state index in [0.29, 0.717) is 25.0 Å². The van der Waals surface area contributed by atoms with Crippen LogP contribution in [0.1, 0.15) is 24.8 Å². The lowest BCUT2D eigenvalue weighted by molar-refractivity contribution is -0.147. The summed E-state index contributed by atoms with van der Waals surface area (Å²) in [5, 5.41) is 9.50. The Morgan fingerprint density at radius 2 is 2.10 bits per heavy atom. The van der Waals surface area contributed by atoms with Gasteiger partial charge >= 0.3 is 5.97 Å². The Morgan fingerprint density at radius 1 is 1.40 bits per heavy atom. The largest absolute Gasteiger partial charge is 0.493 e. The average molecular weight is 282 g/mol. The second-order valence-corrected chi connectivity index (χ2v) is 5.04. The van der Waals surface area contributed by atoms with E-state index >= 15 is 0 Å². The molecule has 1 saturated carbocycles. The number of carbonyl (C=O) groups is 1. The highest BCUT2D eigenvalue weighted by Crippen LogP contribution is 2.52. The predicted octanol–water partition coefficient (Wildman–Crippen LogP) is 2.11. The maximum absolute atomic E-state index is 14.4. The van der Waals surface area contributed by atoms with Crippen LogP contribution < -0.4 is 14.2 Å². The van der Waals surface area contributed by atoms with Crippen LogP contribution in [-0.4, -0.2) is 31.4 Å². The second-order valence-electron chi connectivity index (χ2n) is 5.04. The highest BCUT2D eigenvalue weighted by atomic mass is 19.1. The molecule has 0 amide bonds. The summed E-state index contributed by atoms with van der Waals surface area (Å²) in [5.41, 5.74) is -0.748. The molecule has 0 aromatic heterocycles. The van der Waals surface area contributed by atoms with E-state index in [2.05, 4.69) is 0 Å². The van der Waals surface area contributed by atoms with E-state index in [-0.39, 0.29) is 23.9 Å². The Bertz CT molecular complexity index is 565. The van der Waals surface area contributed by atoms with Gasteiger partial charge in [0.1, 0.15) is 13.2 Å². The maximum Gasteiger partial charge on any atom is 0.314 e. The van der Waals surface area contributed by atoms with Crippen molar-refractivity contribution in [2.45, 2.75) is 24.7 Å². The standard InChI is InChI=1S/C14H15FO5/c1-18-11-8(14(13(16)17)3-2-4-14)7-9-12(10(11)15)20-6-5-19-9/h7H,2-6H2,1H3,(H,16,17). The minimum atomic E-state index is -1.08. The lowest BCUT2D eigenvalue weighted by Crippen LogP contribution is -2.42. The smallest absolute Gasteiger partial charge is 0.314 e. The molecule has 0 radical (unpaired) electrons. The van der Waals surface area contributed by atoms with Gasteiger partial charge in [-0.2, -0.15) is 4.39 Å². The molecule has 6 heteroatoms. The van der Waals surface area contributed by atoms with Crippen LogP contribution in [0.4, 0.5) is 4.39 Å². The van der Waals surface area contributed by atoms with E-state index in [9.17, 15) is 14.3 Å². The third-order valence-electron chi connectivity index (χ3n) is 4.07. The highest BCUT2D eigenvalue weighted by Gasteiger charge is 2.49. The summed E-state index contributed by atoms with van der Waals surface area (Å²) < 4.78 is 30.2. The predicted molar refractivity (Wildman–Crippen MR) is 67.1 cm³/mol. The van der Waals surface area contributed by atoms with Crippen molar-refractivity contribution in [3.63, 3.8) is 0 Å². The molecule has 0 saturated heterocycles.